The molecule has 0 N–H and O–H groups in total. The normalized spacial score (nSPS) is 18.5. The van der Waals surface area contributed by atoms with Gasteiger partial charge in [0.2, 0.25) is 0 Å². The first-order valence-corrected chi connectivity index (χ1v) is 2.01. The predicted octanol–water partition coefficient (Wildman–Crippen LogP) is 0.711. The third-order valence-electron chi connectivity index (χ3n) is 0.466. The molecule has 0 saturated carbocycles. The van der Waals surface area contributed by atoms with E-state index in [1.807, 2.05) is 0 Å². The minimum atomic E-state index is -1.71. The summed E-state index contributed by atoms with van der Waals surface area (Å²) < 4.78 is 28.3. The summed E-state index contributed by atoms with van der Waals surface area (Å²) in [4.78, 5) is 0.931. The van der Waals surface area contributed by atoms with Crippen LogP contribution >= 0.6 is 0 Å². The Hall–Kier alpha value is 1.02. The quantitative estimate of drug-likeness (QED) is 0.607. The van der Waals surface area contributed by atoms with Crippen molar-refractivity contribution in [1.29, 1.82) is 0 Å². The largest absolute Gasteiger partial charge is 0.664 e. The van der Waals surface area contributed by atoms with Gasteiger partial charge in [-0.2, -0.15) is 9.79 Å². The fourth-order valence-electron chi connectivity index (χ4n) is 0.177. The molecule has 47 valence electrons. The molecule has 0 amide bonds. The van der Waals surface area contributed by atoms with E-state index in [4.69, 9.17) is 5.48 Å². The molecule has 0 saturated heterocycles. The first-order chi connectivity index (χ1) is 4.91. The van der Waals surface area contributed by atoms with Gasteiger partial charge in [0.1, 0.15) is 0 Å². The van der Waals surface area contributed by atoms with Gasteiger partial charge in [0.05, 0.1) is 0 Å². The second kappa shape index (κ2) is 8.02. The third-order valence-corrected chi connectivity index (χ3v) is 0.466. The molecular formula is C5H12N2Y-2. The van der Waals surface area contributed by atoms with E-state index in [1.165, 1.54) is 14.1 Å². The minimum Gasteiger partial charge on any atom is -0.664 e. The van der Waals surface area contributed by atoms with Gasteiger partial charge >= 0.3 is 0 Å². The van der Waals surface area contributed by atoms with Crippen LogP contribution in [0.3, 0.4) is 0 Å². The van der Waals surface area contributed by atoms with E-state index in [1.54, 1.807) is 0 Å². The summed E-state index contributed by atoms with van der Waals surface area (Å²) >= 11 is 0. The topological polar surface area (TPSA) is 17.3 Å². The molecule has 0 aromatic rings. The molecule has 2 nitrogen and oxygen atoms in total. The Labute approximate surface area is 82.5 Å². The molecular weight excluding hydrogens is 177 g/mol. The van der Waals surface area contributed by atoms with Crippen LogP contribution in [0, 0.1) is 7.00 Å². The van der Waals surface area contributed by atoms with Crippen molar-refractivity contribution in [2.75, 3.05) is 27.1 Å². The average molecular weight is 197 g/mol. The van der Waals surface area contributed by atoms with Gasteiger partial charge in [-0.15, -0.1) is 6.54 Å². The SMILES string of the molecule is [3H][C-]([3H])N(C)C([3H])([3H])C[N-]C.[Y]. The minimum absolute atomic E-state index is 0. The van der Waals surface area contributed by atoms with Crippen molar-refractivity contribution >= 4 is 0 Å². The maximum Gasteiger partial charge on any atom is 0.0387 e. The Bertz CT molecular complexity index is 122. The fourth-order valence-corrected chi connectivity index (χ4v) is 0.177. The zero-order chi connectivity index (χ0) is 9.07. The second-order valence-corrected chi connectivity index (χ2v) is 1.19. The summed E-state index contributed by atoms with van der Waals surface area (Å²) in [7, 11) is 2.86. The van der Waals surface area contributed by atoms with Crippen LogP contribution in [0.15, 0.2) is 0 Å². The van der Waals surface area contributed by atoms with Crippen LogP contribution in [0.1, 0.15) is 5.48 Å². The first-order valence-electron chi connectivity index (χ1n) is 4.01. The van der Waals surface area contributed by atoms with Gasteiger partial charge in [0.15, 0.2) is 0 Å². The Balaban J connectivity index is 0. The Morgan fingerprint density at radius 3 is 3.00 bits per heavy atom. The Kier molecular flexibility index (Phi) is 4.80. The molecule has 0 aliphatic carbocycles. The molecule has 0 unspecified atom stereocenters. The van der Waals surface area contributed by atoms with E-state index in [0.29, 0.717) is 0 Å². The molecule has 0 spiro atoms. The van der Waals surface area contributed by atoms with Crippen molar-refractivity contribution in [2.45, 2.75) is 0 Å². The van der Waals surface area contributed by atoms with Crippen molar-refractivity contribution < 1.29 is 38.2 Å². The zero-order valence-electron chi connectivity index (χ0n) is 9.18. The monoisotopic (exact) mass is 197 g/mol. The molecule has 0 aliphatic rings. The maximum absolute atomic E-state index is 7.30. The molecule has 0 bridgehead atoms. The van der Waals surface area contributed by atoms with Crippen LogP contribution in [0.2, 0.25) is 0 Å². The summed E-state index contributed by atoms with van der Waals surface area (Å²) in [5.41, 5.74) is 0. The van der Waals surface area contributed by atoms with Crippen molar-refractivity contribution in [3.8, 4) is 0 Å². The van der Waals surface area contributed by atoms with Gasteiger partial charge in [-0.25, -0.2) is 0 Å². The van der Waals surface area contributed by atoms with E-state index >= 15 is 0 Å². The molecule has 3 heteroatoms. The van der Waals surface area contributed by atoms with E-state index < -0.39 is 13.5 Å². The number of hydrogen-bond acceptors (Lipinski definition) is 1. The van der Waals surface area contributed by atoms with Crippen LogP contribution in [0.4, 0.5) is 0 Å². The number of nitrogens with zero attached hydrogens (tertiary/aromatic N) is 2. The molecule has 0 rings (SSSR count). The van der Waals surface area contributed by atoms with Crippen molar-refractivity contribution in [1.82, 2.24) is 4.90 Å². The van der Waals surface area contributed by atoms with Gasteiger partial charge in [-0.05, 0) is 13.5 Å². The molecule has 8 heavy (non-hydrogen) atoms. The third kappa shape index (κ3) is 10.1. The van der Waals surface area contributed by atoms with E-state index in [0.717, 1.165) is 4.90 Å². The molecule has 0 aromatic carbocycles. The summed E-state index contributed by atoms with van der Waals surface area (Å²) in [6, 6.07) is 0. The standard InChI is InChI=1S/C5H12N2.Y/c1-6-4-5-7(2)3;/h2,4-5H2,1,3H3;/q-2;/i2T2,5T2;. The second-order valence-electron chi connectivity index (χ2n) is 1.19. The first kappa shape index (κ1) is 4.78. The Morgan fingerprint density at radius 1 is 2.00 bits per heavy atom. The van der Waals surface area contributed by atoms with Gasteiger partial charge < -0.3 is 10.2 Å². The van der Waals surface area contributed by atoms with E-state index in [9.17, 15) is 0 Å². The van der Waals surface area contributed by atoms with E-state index in [-0.39, 0.29) is 39.3 Å². The van der Waals surface area contributed by atoms with Crippen molar-refractivity contribution in [2.24, 2.45) is 0 Å². The van der Waals surface area contributed by atoms with Gasteiger partial charge in [0.25, 0.3) is 0 Å². The predicted molar refractivity (Wildman–Crippen MR) is 32.1 cm³/mol. The summed E-state index contributed by atoms with van der Waals surface area (Å²) in [6.07, 6.45) is 0. The number of hydrogen-bond donors (Lipinski definition) is 0. The fraction of sp³-hybridized carbons (Fsp3) is 0.800. The molecule has 0 atom stereocenters. The molecule has 0 heterocycles. The summed E-state index contributed by atoms with van der Waals surface area (Å²) in [6.45, 7) is -2.28. The van der Waals surface area contributed by atoms with Crippen LogP contribution < -0.4 is 0 Å². The van der Waals surface area contributed by atoms with E-state index in [2.05, 4.69) is 5.32 Å². The van der Waals surface area contributed by atoms with Crippen LogP contribution in [0.5, 0.6) is 0 Å². The van der Waals surface area contributed by atoms with Crippen LogP contribution in [-0.2, 0) is 32.7 Å². The smallest absolute Gasteiger partial charge is 0.0387 e. The average Bonchev–Trinajstić information content (AvgIpc) is 1.86. The molecule has 0 aliphatic heterocycles. The van der Waals surface area contributed by atoms with Gasteiger partial charge in [-0.1, -0.05) is 0 Å². The molecule has 1 radical (unpaired) electrons. The zero-order valence-corrected chi connectivity index (χ0v) is 8.02. The maximum atomic E-state index is 7.30. The van der Waals surface area contributed by atoms with Gasteiger partial charge in [0, 0.05) is 35.5 Å². The summed E-state index contributed by atoms with van der Waals surface area (Å²) in [5.74, 6) is 0. The van der Waals surface area contributed by atoms with Gasteiger partial charge in [-0.3, -0.25) is 7.00 Å². The Morgan fingerprint density at radius 2 is 2.62 bits per heavy atom. The van der Waals surface area contributed by atoms with Crippen LogP contribution in [0.25, 0.3) is 5.32 Å². The molecule has 0 aromatic heterocycles. The van der Waals surface area contributed by atoms with Crippen molar-refractivity contribution in [3.05, 3.63) is 12.3 Å². The summed E-state index contributed by atoms with van der Waals surface area (Å²) in [5, 5.41) is 3.61. The van der Waals surface area contributed by atoms with Crippen LogP contribution in [-0.4, -0.2) is 32.0 Å². The molecule has 0 fully saturated rings. The number of rotatable bonds is 4. The van der Waals surface area contributed by atoms with Crippen molar-refractivity contribution in [3.63, 3.8) is 0 Å². The number of likely N-dealkylation sites (N-methyl/N-ethyl adjacent to an activating group) is 2.